The van der Waals surface area contributed by atoms with Crippen LogP contribution in [0.4, 0.5) is 4.79 Å². The maximum atomic E-state index is 10.9. The Hall–Kier alpha value is -1.10. The zero-order valence-electron chi connectivity index (χ0n) is 7.02. The largest absolute Gasteiger partial charge is 0.331 e. The van der Waals surface area contributed by atoms with E-state index in [1.165, 1.54) is 0 Å². The molecule has 0 aliphatic carbocycles. The third-order valence-electron chi connectivity index (χ3n) is 1.97. The zero-order valence-corrected chi connectivity index (χ0v) is 7.02. The van der Waals surface area contributed by atoms with E-state index < -0.39 is 6.03 Å². The van der Waals surface area contributed by atoms with Crippen molar-refractivity contribution in [3.8, 4) is 0 Å². The SMILES string of the molecule is CC1(NC(=O)NC=O)CCNC1. The smallest absolute Gasteiger partial charge is 0.321 e. The maximum absolute atomic E-state index is 10.9. The number of carbonyl (C=O) groups excluding carboxylic acids is 2. The number of imide groups is 1. The van der Waals surface area contributed by atoms with Gasteiger partial charge in [0.05, 0.1) is 5.54 Å². The first kappa shape index (κ1) is 8.99. The minimum absolute atomic E-state index is 0.215. The number of hydrogen-bond acceptors (Lipinski definition) is 3. The van der Waals surface area contributed by atoms with Gasteiger partial charge in [-0.15, -0.1) is 0 Å². The summed E-state index contributed by atoms with van der Waals surface area (Å²) in [6.07, 6.45) is 1.26. The number of urea groups is 1. The average Bonchev–Trinajstić information content (AvgIpc) is 2.36. The predicted octanol–water partition coefficient (Wildman–Crippen LogP) is -0.806. The van der Waals surface area contributed by atoms with Crippen molar-refractivity contribution in [1.29, 1.82) is 0 Å². The van der Waals surface area contributed by atoms with E-state index >= 15 is 0 Å². The first-order valence-electron chi connectivity index (χ1n) is 3.89. The third-order valence-corrected chi connectivity index (χ3v) is 1.97. The van der Waals surface area contributed by atoms with E-state index in [0.29, 0.717) is 6.41 Å². The molecule has 0 aromatic carbocycles. The van der Waals surface area contributed by atoms with Crippen LogP contribution < -0.4 is 16.0 Å². The molecule has 1 aliphatic heterocycles. The Morgan fingerprint density at radius 2 is 2.42 bits per heavy atom. The summed E-state index contributed by atoms with van der Waals surface area (Å²) in [5.41, 5.74) is -0.215. The van der Waals surface area contributed by atoms with Crippen LogP contribution in [0.5, 0.6) is 0 Å². The van der Waals surface area contributed by atoms with Gasteiger partial charge in [0.15, 0.2) is 0 Å². The van der Waals surface area contributed by atoms with Crippen LogP contribution in [0.3, 0.4) is 0 Å². The van der Waals surface area contributed by atoms with E-state index in [4.69, 9.17) is 0 Å². The van der Waals surface area contributed by atoms with Crippen molar-refractivity contribution < 1.29 is 9.59 Å². The second-order valence-electron chi connectivity index (χ2n) is 3.20. The van der Waals surface area contributed by atoms with Crippen molar-refractivity contribution in [3.63, 3.8) is 0 Å². The molecule has 1 rings (SSSR count). The second-order valence-corrected chi connectivity index (χ2v) is 3.20. The Bertz CT molecular complexity index is 187. The first-order valence-corrected chi connectivity index (χ1v) is 3.89. The molecule has 1 saturated heterocycles. The fourth-order valence-electron chi connectivity index (χ4n) is 1.29. The van der Waals surface area contributed by atoms with Crippen molar-refractivity contribution in [2.75, 3.05) is 13.1 Å². The average molecular weight is 171 g/mol. The van der Waals surface area contributed by atoms with E-state index in [2.05, 4.69) is 10.6 Å². The zero-order chi connectivity index (χ0) is 9.03. The quantitative estimate of drug-likeness (QED) is 0.476. The van der Waals surface area contributed by atoms with Crippen molar-refractivity contribution in [2.45, 2.75) is 18.9 Å². The molecule has 1 heterocycles. The molecule has 3 amide bonds. The van der Waals surface area contributed by atoms with Crippen molar-refractivity contribution >= 4 is 12.4 Å². The number of nitrogens with one attached hydrogen (secondary N) is 3. The molecule has 0 aromatic rings. The van der Waals surface area contributed by atoms with Gasteiger partial charge in [0.2, 0.25) is 6.41 Å². The summed E-state index contributed by atoms with van der Waals surface area (Å²) in [4.78, 5) is 20.8. The summed E-state index contributed by atoms with van der Waals surface area (Å²) < 4.78 is 0. The topological polar surface area (TPSA) is 70.2 Å². The molecule has 0 spiro atoms. The highest BCUT2D eigenvalue weighted by Gasteiger charge is 2.29. The van der Waals surface area contributed by atoms with Gasteiger partial charge >= 0.3 is 6.03 Å². The number of rotatable bonds is 2. The molecule has 5 heteroatoms. The lowest BCUT2D eigenvalue weighted by Gasteiger charge is -2.23. The van der Waals surface area contributed by atoms with Gasteiger partial charge in [-0.2, -0.15) is 0 Å². The highest BCUT2D eigenvalue weighted by molar-refractivity contribution is 5.84. The third kappa shape index (κ3) is 2.20. The minimum Gasteiger partial charge on any atom is -0.331 e. The van der Waals surface area contributed by atoms with Gasteiger partial charge in [-0.05, 0) is 19.9 Å². The number of amides is 3. The molecule has 3 N–H and O–H groups in total. The molecule has 1 unspecified atom stereocenters. The van der Waals surface area contributed by atoms with E-state index in [9.17, 15) is 9.59 Å². The minimum atomic E-state index is -0.434. The monoisotopic (exact) mass is 171 g/mol. The Morgan fingerprint density at radius 3 is 2.92 bits per heavy atom. The highest BCUT2D eigenvalue weighted by atomic mass is 16.2. The molecule has 1 atom stereocenters. The molecule has 12 heavy (non-hydrogen) atoms. The van der Waals surface area contributed by atoms with E-state index in [0.717, 1.165) is 19.5 Å². The van der Waals surface area contributed by atoms with Crippen LogP contribution >= 0.6 is 0 Å². The standard InChI is InChI=1S/C7H13N3O2/c1-7(2-3-8-4-7)10-6(12)9-5-11/h5,8H,2-4H2,1H3,(H2,9,10,11,12). The van der Waals surface area contributed by atoms with Gasteiger partial charge in [-0.25, -0.2) is 4.79 Å². The van der Waals surface area contributed by atoms with Crippen LogP contribution in [0.15, 0.2) is 0 Å². The summed E-state index contributed by atoms with van der Waals surface area (Å²) in [6, 6.07) is -0.434. The van der Waals surface area contributed by atoms with Gasteiger partial charge in [0, 0.05) is 6.54 Å². The molecular weight excluding hydrogens is 158 g/mol. The van der Waals surface area contributed by atoms with Crippen LogP contribution in [-0.2, 0) is 4.79 Å². The van der Waals surface area contributed by atoms with Crippen molar-refractivity contribution in [3.05, 3.63) is 0 Å². The molecule has 0 radical (unpaired) electrons. The lowest BCUT2D eigenvalue weighted by molar-refractivity contribution is -0.108. The summed E-state index contributed by atoms with van der Waals surface area (Å²) in [5, 5.41) is 7.88. The van der Waals surface area contributed by atoms with Gasteiger partial charge in [-0.3, -0.25) is 10.1 Å². The van der Waals surface area contributed by atoms with E-state index in [1.807, 2.05) is 12.2 Å². The van der Waals surface area contributed by atoms with E-state index in [-0.39, 0.29) is 5.54 Å². The molecule has 0 saturated carbocycles. The molecule has 5 nitrogen and oxygen atoms in total. The van der Waals surface area contributed by atoms with Crippen LogP contribution in [0.1, 0.15) is 13.3 Å². The molecule has 1 fully saturated rings. The summed E-state index contributed by atoms with van der Waals surface area (Å²) >= 11 is 0. The van der Waals surface area contributed by atoms with Crippen molar-refractivity contribution in [2.24, 2.45) is 0 Å². The van der Waals surface area contributed by atoms with Gasteiger partial charge in [0.25, 0.3) is 0 Å². The number of carbonyl (C=O) groups is 2. The fourth-order valence-corrected chi connectivity index (χ4v) is 1.29. The van der Waals surface area contributed by atoms with Crippen LogP contribution in [0, 0.1) is 0 Å². The number of hydrogen-bond donors (Lipinski definition) is 3. The lowest BCUT2D eigenvalue weighted by atomic mass is 10.0. The Labute approximate surface area is 70.9 Å². The van der Waals surface area contributed by atoms with Gasteiger partial charge < -0.3 is 10.6 Å². The Kier molecular flexibility index (Phi) is 2.65. The fraction of sp³-hybridized carbons (Fsp3) is 0.714. The first-order chi connectivity index (χ1) is 5.66. The predicted molar refractivity (Wildman–Crippen MR) is 43.6 cm³/mol. The van der Waals surface area contributed by atoms with E-state index in [1.54, 1.807) is 0 Å². The summed E-state index contributed by atoms with van der Waals surface area (Å²) in [6.45, 7) is 3.59. The van der Waals surface area contributed by atoms with Crippen LogP contribution in [0.25, 0.3) is 0 Å². The molecule has 68 valence electrons. The summed E-state index contributed by atoms with van der Waals surface area (Å²) in [7, 11) is 0. The van der Waals surface area contributed by atoms with Crippen LogP contribution in [0.2, 0.25) is 0 Å². The Morgan fingerprint density at radius 1 is 1.67 bits per heavy atom. The second kappa shape index (κ2) is 3.53. The maximum Gasteiger partial charge on any atom is 0.321 e. The highest BCUT2D eigenvalue weighted by Crippen LogP contribution is 2.12. The molecule has 1 aliphatic rings. The van der Waals surface area contributed by atoms with Gasteiger partial charge in [0.1, 0.15) is 0 Å². The molecule has 0 bridgehead atoms. The normalized spacial score (nSPS) is 28.1. The Balaban J connectivity index is 2.38. The van der Waals surface area contributed by atoms with Crippen LogP contribution in [-0.4, -0.2) is 31.1 Å². The van der Waals surface area contributed by atoms with Gasteiger partial charge in [-0.1, -0.05) is 0 Å². The molecule has 0 aromatic heterocycles. The summed E-state index contributed by atoms with van der Waals surface area (Å²) in [5.74, 6) is 0. The van der Waals surface area contributed by atoms with Crippen molar-refractivity contribution in [1.82, 2.24) is 16.0 Å². The molecular formula is C7H13N3O2. The lowest BCUT2D eigenvalue weighted by Crippen LogP contribution is -2.51.